The van der Waals surface area contributed by atoms with Crippen LogP contribution in [0.2, 0.25) is 0 Å². The van der Waals surface area contributed by atoms with Crippen molar-refractivity contribution >= 4 is 0 Å². The number of halogens is 2. The van der Waals surface area contributed by atoms with Gasteiger partial charge in [-0.15, -0.1) is 0 Å². The molecule has 3 aliphatic rings. The quantitative estimate of drug-likeness (QED) is 0.0894. The maximum Gasteiger partial charge on any atom is 0.235 e. The highest BCUT2D eigenvalue weighted by Crippen LogP contribution is 2.36. The number of aromatic nitrogens is 4. The van der Waals surface area contributed by atoms with Gasteiger partial charge in [0.05, 0.1) is 11.4 Å². The van der Waals surface area contributed by atoms with E-state index in [9.17, 15) is 4.39 Å². The van der Waals surface area contributed by atoms with Crippen LogP contribution in [-0.2, 0) is 45.8 Å². The van der Waals surface area contributed by atoms with Crippen LogP contribution in [0.5, 0.6) is 34.5 Å². The van der Waals surface area contributed by atoms with Crippen molar-refractivity contribution in [2.45, 2.75) is 100 Å². The molecule has 2 aromatic heterocycles. The first kappa shape index (κ1) is 49.0. The van der Waals surface area contributed by atoms with E-state index in [4.69, 9.17) is 28.4 Å². The minimum Gasteiger partial charge on any atom is -0.454 e. The minimum atomic E-state index is -0.429. The first-order chi connectivity index (χ1) is 32.4. The molecule has 0 spiro atoms. The molecular weight excluding hydrogens is 867 g/mol. The SMILES string of the molecule is C.C.CCCCn1c(-c2ccccc2)nc(F)c1CN(Cc1ccc2c(c1)OCO2)Cc1ccc2c(c1)OCO2.CCCCn1c(-c2ccccc2)nc(F)c1CNCc1ccc2c(c1)OCO2. The first-order valence-electron chi connectivity index (χ1n) is 22.6. The third-order valence-corrected chi connectivity index (χ3v) is 11.7. The molecular formula is C54H62F2N6O6. The van der Waals surface area contributed by atoms with Gasteiger partial charge in [0, 0.05) is 56.9 Å². The molecule has 14 heteroatoms. The van der Waals surface area contributed by atoms with Crippen molar-refractivity contribution < 1.29 is 37.2 Å². The molecule has 0 saturated carbocycles. The zero-order valence-corrected chi connectivity index (χ0v) is 37.3. The van der Waals surface area contributed by atoms with Gasteiger partial charge in [-0.2, -0.15) is 18.7 Å². The summed E-state index contributed by atoms with van der Waals surface area (Å²) in [6, 6.07) is 37.3. The van der Waals surface area contributed by atoms with Gasteiger partial charge in [-0.1, -0.05) is 120 Å². The van der Waals surface area contributed by atoms with Crippen molar-refractivity contribution in [1.82, 2.24) is 29.3 Å². The second kappa shape index (κ2) is 23.2. The molecule has 0 atom stereocenters. The Morgan fingerprint density at radius 2 is 0.912 bits per heavy atom. The number of hydrogen-bond acceptors (Lipinski definition) is 10. The van der Waals surface area contributed by atoms with Gasteiger partial charge in [0.2, 0.25) is 32.3 Å². The van der Waals surface area contributed by atoms with Crippen molar-refractivity contribution in [2.24, 2.45) is 0 Å². The van der Waals surface area contributed by atoms with Crippen LogP contribution in [-0.4, -0.2) is 44.4 Å². The molecule has 3 aliphatic heterocycles. The topological polar surface area (TPSA) is 106 Å². The third kappa shape index (κ3) is 11.4. The zero-order chi connectivity index (χ0) is 45.2. The van der Waals surface area contributed by atoms with Crippen LogP contribution in [0.25, 0.3) is 22.8 Å². The molecule has 0 fully saturated rings. The lowest BCUT2D eigenvalue weighted by molar-refractivity contribution is 0.173. The van der Waals surface area contributed by atoms with E-state index in [-0.39, 0.29) is 35.2 Å². The molecule has 7 aromatic rings. The van der Waals surface area contributed by atoms with Gasteiger partial charge in [-0.05, 0) is 65.9 Å². The first-order valence-corrected chi connectivity index (χ1v) is 22.6. The van der Waals surface area contributed by atoms with Crippen molar-refractivity contribution in [3.05, 3.63) is 155 Å². The van der Waals surface area contributed by atoms with Crippen molar-refractivity contribution in [3.63, 3.8) is 0 Å². The molecule has 5 heterocycles. The Labute approximate surface area is 398 Å². The fourth-order valence-electron chi connectivity index (χ4n) is 8.31. The van der Waals surface area contributed by atoms with E-state index in [0.29, 0.717) is 62.3 Å². The zero-order valence-electron chi connectivity index (χ0n) is 37.3. The highest BCUT2D eigenvalue weighted by molar-refractivity contribution is 5.57. The number of ether oxygens (including phenoxy) is 6. The van der Waals surface area contributed by atoms with Crippen LogP contribution in [0.4, 0.5) is 8.78 Å². The summed E-state index contributed by atoms with van der Waals surface area (Å²) in [5.74, 6) is 4.98. The summed E-state index contributed by atoms with van der Waals surface area (Å²) < 4.78 is 67.2. The molecule has 0 saturated heterocycles. The number of unbranched alkanes of at least 4 members (excludes halogenated alkanes) is 2. The summed E-state index contributed by atoms with van der Waals surface area (Å²) in [5, 5.41) is 3.33. The lowest BCUT2D eigenvalue weighted by Crippen LogP contribution is -2.25. The second-order valence-electron chi connectivity index (χ2n) is 16.4. The molecule has 0 radical (unpaired) electrons. The van der Waals surface area contributed by atoms with Crippen LogP contribution >= 0.6 is 0 Å². The van der Waals surface area contributed by atoms with Crippen molar-refractivity contribution in [2.75, 3.05) is 20.4 Å². The maximum atomic E-state index is 15.5. The standard InChI is InChI=1S/C30H30FN3O4.C22H24FN3O2.2CH4/c1-2-3-13-34-24(29(31)32-30(34)23-7-5-4-6-8-23)18-33(16-21-9-11-25-27(14-21)37-19-35-25)17-22-10-12-26-28(15-22)38-20-36-26;1-2-3-11-26-18(21(23)25-22(26)17-7-5-4-6-8-17)14-24-13-16-9-10-19-20(12-16)28-15-27-19;;/h4-12,14-15H,2-3,13,16-20H2,1H3;4-10,12,24H,2-3,11,13-15H2,1H3;2*1H4. The summed E-state index contributed by atoms with van der Waals surface area (Å²) in [6.07, 6.45) is 3.96. The number of nitrogens with zero attached hydrogens (tertiary/aromatic N) is 5. The molecule has 358 valence electrons. The summed E-state index contributed by atoms with van der Waals surface area (Å²) >= 11 is 0. The van der Waals surface area contributed by atoms with Crippen molar-refractivity contribution in [1.29, 1.82) is 0 Å². The normalized spacial score (nSPS) is 12.7. The van der Waals surface area contributed by atoms with Crippen LogP contribution in [0.3, 0.4) is 0 Å². The lowest BCUT2D eigenvalue weighted by Gasteiger charge is -2.24. The van der Waals surface area contributed by atoms with Crippen LogP contribution in [0, 0.1) is 11.9 Å². The Bertz CT molecular complexity index is 2670. The van der Waals surface area contributed by atoms with E-state index in [0.717, 1.165) is 94.5 Å². The third-order valence-electron chi connectivity index (χ3n) is 11.7. The smallest absolute Gasteiger partial charge is 0.235 e. The number of hydrogen-bond donors (Lipinski definition) is 1. The summed E-state index contributed by atoms with van der Waals surface area (Å²) in [5.41, 5.74) is 6.18. The van der Waals surface area contributed by atoms with E-state index < -0.39 is 11.9 Å². The molecule has 0 amide bonds. The van der Waals surface area contributed by atoms with Gasteiger partial charge in [0.15, 0.2) is 34.5 Å². The maximum absolute atomic E-state index is 15.5. The van der Waals surface area contributed by atoms with Gasteiger partial charge in [-0.3, -0.25) is 4.90 Å². The van der Waals surface area contributed by atoms with E-state index in [1.165, 1.54) is 0 Å². The summed E-state index contributed by atoms with van der Waals surface area (Å²) in [4.78, 5) is 10.8. The number of rotatable bonds is 18. The predicted molar refractivity (Wildman–Crippen MR) is 260 cm³/mol. The molecule has 1 N–H and O–H groups in total. The highest BCUT2D eigenvalue weighted by Gasteiger charge is 2.24. The minimum absolute atomic E-state index is 0. The lowest BCUT2D eigenvalue weighted by atomic mass is 10.1. The average Bonchev–Trinajstić information content (AvgIpc) is 4.21. The Balaban J connectivity index is 0.000000204. The molecule has 0 unspecified atom stereocenters. The van der Waals surface area contributed by atoms with Crippen molar-refractivity contribution in [3.8, 4) is 57.3 Å². The Morgan fingerprint density at radius 3 is 1.38 bits per heavy atom. The van der Waals surface area contributed by atoms with Gasteiger partial charge in [0.1, 0.15) is 11.6 Å². The monoisotopic (exact) mass is 928 g/mol. The van der Waals surface area contributed by atoms with Gasteiger partial charge in [0.25, 0.3) is 0 Å². The van der Waals surface area contributed by atoms with E-state index in [1.807, 2.05) is 124 Å². The molecule has 68 heavy (non-hydrogen) atoms. The van der Waals surface area contributed by atoms with E-state index >= 15 is 4.39 Å². The van der Waals surface area contributed by atoms with E-state index in [1.54, 1.807) is 0 Å². The van der Waals surface area contributed by atoms with Crippen LogP contribution in [0.15, 0.2) is 115 Å². The molecule has 10 rings (SSSR count). The Hall–Kier alpha value is -6.90. The summed E-state index contributed by atoms with van der Waals surface area (Å²) in [7, 11) is 0. The van der Waals surface area contributed by atoms with Crippen LogP contribution < -0.4 is 33.7 Å². The molecule has 0 bridgehead atoms. The van der Waals surface area contributed by atoms with Gasteiger partial charge in [-0.25, -0.2) is 0 Å². The fraction of sp³-hybridized carbons (Fsp3) is 0.333. The summed E-state index contributed by atoms with van der Waals surface area (Å²) in [6.45, 7) is 9.01. The largest absolute Gasteiger partial charge is 0.454 e. The number of fused-ring (bicyclic) bond motifs is 3. The fourth-order valence-corrected chi connectivity index (χ4v) is 8.31. The number of imidazole rings is 2. The molecule has 0 aliphatic carbocycles. The Kier molecular flexibility index (Phi) is 16.7. The number of benzene rings is 5. The predicted octanol–water partition coefficient (Wildman–Crippen LogP) is 11.9. The molecule has 12 nitrogen and oxygen atoms in total. The van der Waals surface area contributed by atoms with Crippen LogP contribution in [0.1, 0.15) is 82.5 Å². The van der Waals surface area contributed by atoms with E-state index in [2.05, 4.69) is 34.0 Å². The highest BCUT2D eigenvalue weighted by atomic mass is 19.1. The second-order valence-corrected chi connectivity index (χ2v) is 16.4. The number of nitrogens with one attached hydrogen (secondary N) is 1. The molecule has 5 aromatic carbocycles. The van der Waals surface area contributed by atoms with Gasteiger partial charge < -0.3 is 42.9 Å². The average molecular weight is 929 g/mol. The Morgan fingerprint density at radius 1 is 0.500 bits per heavy atom. The van der Waals surface area contributed by atoms with Gasteiger partial charge >= 0.3 is 0 Å².